The molecule has 1 fully saturated rings. The summed E-state index contributed by atoms with van der Waals surface area (Å²) in [6, 6.07) is 0.168. The molecule has 0 aromatic carbocycles. The maximum atomic E-state index is 12.5. The van der Waals surface area contributed by atoms with Gasteiger partial charge < -0.3 is 5.32 Å². The molecule has 0 aliphatic heterocycles. The summed E-state index contributed by atoms with van der Waals surface area (Å²) < 4.78 is 25.0. The Morgan fingerprint density at radius 3 is 2.39 bits per heavy atom. The second kappa shape index (κ2) is 6.90. The molecule has 0 saturated heterocycles. The third-order valence-electron chi connectivity index (χ3n) is 3.97. The monoisotopic (exact) mass is 275 g/mol. The fourth-order valence-electron chi connectivity index (χ4n) is 3.06. The lowest BCUT2D eigenvalue weighted by Gasteiger charge is -2.36. The predicted octanol–water partition coefficient (Wildman–Crippen LogP) is 2.61. The predicted molar refractivity (Wildman–Crippen MR) is 77.5 cm³/mol. The van der Waals surface area contributed by atoms with E-state index in [1.54, 1.807) is 0 Å². The van der Waals surface area contributed by atoms with Crippen LogP contribution in [-0.2, 0) is 9.84 Å². The Hall–Kier alpha value is -0.0900. The van der Waals surface area contributed by atoms with Crippen LogP contribution in [-0.4, -0.2) is 32.0 Å². The van der Waals surface area contributed by atoms with Gasteiger partial charge in [0.15, 0.2) is 9.84 Å². The summed E-state index contributed by atoms with van der Waals surface area (Å²) in [7, 11) is -2.96. The van der Waals surface area contributed by atoms with Crippen molar-refractivity contribution < 1.29 is 8.42 Å². The van der Waals surface area contributed by atoms with Crippen molar-refractivity contribution in [3.8, 4) is 0 Å². The van der Waals surface area contributed by atoms with Crippen molar-refractivity contribution in [2.75, 3.05) is 12.3 Å². The molecule has 0 aromatic rings. The molecule has 1 aliphatic carbocycles. The number of hydrogen-bond acceptors (Lipinski definition) is 3. The zero-order chi connectivity index (χ0) is 13.8. The molecule has 0 radical (unpaired) electrons. The number of hydrogen-bond donors (Lipinski definition) is 1. The van der Waals surface area contributed by atoms with Crippen LogP contribution in [0.3, 0.4) is 0 Å². The number of sulfone groups is 1. The van der Waals surface area contributed by atoms with Crippen molar-refractivity contribution in [1.29, 1.82) is 0 Å². The van der Waals surface area contributed by atoms with Crippen LogP contribution in [0.4, 0.5) is 0 Å². The fraction of sp³-hybridized carbons (Fsp3) is 1.00. The Balaban J connectivity index is 2.83. The van der Waals surface area contributed by atoms with Crippen LogP contribution >= 0.6 is 0 Å². The van der Waals surface area contributed by atoms with E-state index in [1.165, 1.54) is 6.42 Å². The summed E-state index contributed by atoms with van der Waals surface area (Å²) in [5.74, 6) is 1.14. The van der Waals surface area contributed by atoms with Gasteiger partial charge in [-0.3, -0.25) is 0 Å². The molecule has 18 heavy (non-hydrogen) atoms. The van der Waals surface area contributed by atoms with E-state index in [0.29, 0.717) is 11.7 Å². The smallest absolute Gasteiger partial charge is 0.154 e. The molecule has 3 unspecified atom stereocenters. The highest BCUT2D eigenvalue weighted by Gasteiger charge is 2.38. The fourth-order valence-corrected chi connectivity index (χ4v) is 5.54. The van der Waals surface area contributed by atoms with Crippen molar-refractivity contribution in [2.45, 2.75) is 64.7 Å². The van der Waals surface area contributed by atoms with Gasteiger partial charge in [-0.1, -0.05) is 34.1 Å². The summed E-state index contributed by atoms with van der Waals surface area (Å²) in [4.78, 5) is 0. The summed E-state index contributed by atoms with van der Waals surface area (Å²) in [6.45, 7) is 9.05. The Kier molecular flexibility index (Phi) is 6.12. The zero-order valence-corrected chi connectivity index (χ0v) is 13.1. The second-order valence-corrected chi connectivity index (χ2v) is 8.28. The van der Waals surface area contributed by atoms with Gasteiger partial charge in [0.25, 0.3) is 0 Å². The van der Waals surface area contributed by atoms with E-state index in [4.69, 9.17) is 0 Å². The van der Waals surface area contributed by atoms with Crippen molar-refractivity contribution >= 4 is 9.84 Å². The largest absolute Gasteiger partial charge is 0.313 e. The summed E-state index contributed by atoms with van der Waals surface area (Å²) in [5, 5.41) is 3.21. The number of nitrogens with one attached hydrogen (secondary N) is 1. The lowest BCUT2D eigenvalue weighted by atomic mass is 9.84. The molecule has 3 nitrogen and oxygen atoms in total. The zero-order valence-electron chi connectivity index (χ0n) is 12.3. The van der Waals surface area contributed by atoms with Gasteiger partial charge in [0.1, 0.15) is 0 Å². The first-order valence-corrected chi connectivity index (χ1v) is 9.07. The van der Waals surface area contributed by atoms with Gasteiger partial charge in [0, 0.05) is 6.04 Å². The van der Waals surface area contributed by atoms with Crippen LogP contribution in [0.1, 0.15) is 53.4 Å². The van der Waals surface area contributed by atoms with Crippen molar-refractivity contribution in [3.05, 3.63) is 0 Å². The van der Waals surface area contributed by atoms with Crippen LogP contribution in [0.15, 0.2) is 0 Å². The maximum Gasteiger partial charge on any atom is 0.154 e. The minimum atomic E-state index is -2.96. The standard InChI is InChI=1S/C14H29NO2S/c1-5-12-7-8-13(15-6-2)14(9-12)18(16,17)10-11(3)4/h11-15H,5-10H2,1-4H3. The molecule has 3 atom stereocenters. The van der Waals surface area contributed by atoms with Crippen LogP contribution < -0.4 is 5.32 Å². The Morgan fingerprint density at radius 2 is 1.89 bits per heavy atom. The van der Waals surface area contributed by atoms with Gasteiger partial charge in [-0.25, -0.2) is 8.42 Å². The van der Waals surface area contributed by atoms with Gasteiger partial charge in [0.05, 0.1) is 11.0 Å². The Labute approximate surface area is 113 Å². The minimum absolute atomic E-state index is 0.168. The molecule has 1 rings (SSSR count). The van der Waals surface area contributed by atoms with Crippen molar-refractivity contribution in [3.63, 3.8) is 0 Å². The third-order valence-corrected chi connectivity index (χ3v) is 6.55. The molecule has 1 saturated carbocycles. The topological polar surface area (TPSA) is 46.2 Å². The average molecular weight is 275 g/mol. The van der Waals surface area contributed by atoms with Crippen LogP contribution in [0.25, 0.3) is 0 Å². The number of rotatable bonds is 6. The van der Waals surface area contributed by atoms with E-state index >= 15 is 0 Å². The van der Waals surface area contributed by atoms with E-state index in [1.807, 2.05) is 13.8 Å². The first kappa shape index (κ1) is 16.0. The molecule has 0 heterocycles. The molecule has 0 aromatic heterocycles. The van der Waals surface area contributed by atoms with Crippen molar-refractivity contribution in [1.82, 2.24) is 5.32 Å². The van der Waals surface area contributed by atoms with E-state index in [9.17, 15) is 8.42 Å². The van der Waals surface area contributed by atoms with Gasteiger partial charge in [-0.2, -0.15) is 0 Å². The molecule has 1 aliphatic rings. The molecule has 4 heteroatoms. The van der Waals surface area contributed by atoms with E-state index < -0.39 is 9.84 Å². The third kappa shape index (κ3) is 4.23. The average Bonchev–Trinajstić information content (AvgIpc) is 2.28. The molecule has 0 spiro atoms. The Morgan fingerprint density at radius 1 is 1.22 bits per heavy atom. The summed E-state index contributed by atoms with van der Waals surface area (Å²) in [6.07, 6.45) is 4.13. The molecule has 0 amide bonds. The quantitative estimate of drug-likeness (QED) is 0.810. The minimum Gasteiger partial charge on any atom is -0.313 e. The lowest BCUT2D eigenvalue weighted by Crippen LogP contribution is -2.49. The van der Waals surface area contributed by atoms with E-state index in [2.05, 4.69) is 19.2 Å². The molecule has 1 N–H and O–H groups in total. The van der Waals surface area contributed by atoms with Gasteiger partial charge >= 0.3 is 0 Å². The van der Waals surface area contributed by atoms with Gasteiger partial charge in [-0.15, -0.1) is 0 Å². The highest BCUT2D eigenvalue weighted by molar-refractivity contribution is 7.92. The first-order chi connectivity index (χ1) is 8.40. The highest BCUT2D eigenvalue weighted by Crippen LogP contribution is 2.32. The van der Waals surface area contributed by atoms with Crippen LogP contribution in [0, 0.1) is 11.8 Å². The van der Waals surface area contributed by atoms with E-state index in [0.717, 1.165) is 25.8 Å². The van der Waals surface area contributed by atoms with E-state index in [-0.39, 0.29) is 17.2 Å². The molecule has 0 bridgehead atoms. The maximum absolute atomic E-state index is 12.5. The van der Waals surface area contributed by atoms with Gasteiger partial charge in [0.2, 0.25) is 0 Å². The molecular formula is C14H29NO2S. The normalized spacial score (nSPS) is 29.7. The molecule has 108 valence electrons. The van der Waals surface area contributed by atoms with Crippen LogP contribution in [0.2, 0.25) is 0 Å². The second-order valence-electron chi connectivity index (χ2n) is 6.01. The van der Waals surface area contributed by atoms with Crippen molar-refractivity contribution in [2.24, 2.45) is 11.8 Å². The summed E-state index contributed by atoms with van der Waals surface area (Å²) >= 11 is 0. The molecular weight excluding hydrogens is 246 g/mol. The lowest BCUT2D eigenvalue weighted by molar-refractivity contribution is 0.289. The van der Waals surface area contributed by atoms with Gasteiger partial charge in [-0.05, 0) is 37.6 Å². The van der Waals surface area contributed by atoms with Crippen LogP contribution in [0.5, 0.6) is 0 Å². The Bertz CT molecular complexity index is 338. The summed E-state index contributed by atoms with van der Waals surface area (Å²) in [5.41, 5.74) is 0. The SMILES string of the molecule is CCNC1CCC(CC)CC1S(=O)(=O)CC(C)C. The highest BCUT2D eigenvalue weighted by atomic mass is 32.2. The first-order valence-electron chi connectivity index (χ1n) is 7.35.